The van der Waals surface area contributed by atoms with Crippen molar-refractivity contribution in [3.63, 3.8) is 0 Å². The van der Waals surface area contributed by atoms with E-state index in [1.165, 1.54) is 22.5 Å². The Morgan fingerprint density at radius 1 is 0.966 bits per heavy atom. The van der Waals surface area contributed by atoms with Crippen LogP contribution >= 0.6 is 0 Å². The number of sulfonamides is 1. The summed E-state index contributed by atoms with van der Waals surface area (Å²) in [6, 6.07) is 14.7. The third-order valence-electron chi connectivity index (χ3n) is 5.38. The molecule has 1 atom stereocenters. The van der Waals surface area contributed by atoms with Gasteiger partial charge in [-0.15, -0.1) is 0 Å². The van der Waals surface area contributed by atoms with Crippen LogP contribution in [0.5, 0.6) is 0 Å². The number of hydrogen-bond acceptors (Lipinski definition) is 4. The van der Waals surface area contributed by atoms with Gasteiger partial charge in [0.25, 0.3) is 0 Å². The van der Waals surface area contributed by atoms with Crippen LogP contribution in [0.4, 0.5) is 4.39 Å². The number of piperazine rings is 1. The Balaban J connectivity index is 1.50. The van der Waals surface area contributed by atoms with Crippen molar-refractivity contribution >= 4 is 15.9 Å². The van der Waals surface area contributed by atoms with Crippen LogP contribution in [-0.2, 0) is 14.8 Å². The Labute approximate surface area is 170 Å². The number of rotatable bonds is 6. The Morgan fingerprint density at radius 3 is 2.21 bits per heavy atom. The Morgan fingerprint density at radius 2 is 1.59 bits per heavy atom. The largest absolute Gasteiger partial charge is 0.352 e. The van der Waals surface area contributed by atoms with Gasteiger partial charge in [0.05, 0.1) is 0 Å². The highest BCUT2D eigenvalue weighted by Crippen LogP contribution is 2.27. The monoisotopic (exact) mass is 417 g/mol. The first kappa shape index (κ1) is 20.0. The van der Waals surface area contributed by atoms with Crippen molar-refractivity contribution in [1.82, 2.24) is 14.5 Å². The van der Waals surface area contributed by atoms with Gasteiger partial charge in [0.15, 0.2) is 0 Å². The lowest BCUT2D eigenvalue weighted by Gasteiger charge is -2.38. The molecule has 0 radical (unpaired) electrons. The van der Waals surface area contributed by atoms with Crippen molar-refractivity contribution in [2.24, 2.45) is 0 Å². The van der Waals surface area contributed by atoms with Gasteiger partial charge in [-0.2, -0.15) is 4.31 Å². The van der Waals surface area contributed by atoms with Crippen LogP contribution in [0.2, 0.25) is 0 Å². The van der Waals surface area contributed by atoms with E-state index in [-0.39, 0.29) is 29.9 Å². The summed E-state index contributed by atoms with van der Waals surface area (Å²) in [5, 5.41) is 3.06. The number of carbonyl (C=O) groups is 1. The molecule has 1 amide bonds. The zero-order valence-corrected chi connectivity index (χ0v) is 16.8. The van der Waals surface area contributed by atoms with Crippen LogP contribution < -0.4 is 5.32 Å². The molecular formula is C21H24FN3O3S. The minimum Gasteiger partial charge on any atom is -0.352 e. The fraction of sp³-hybridized carbons (Fsp3) is 0.381. The van der Waals surface area contributed by atoms with E-state index in [0.29, 0.717) is 13.1 Å². The van der Waals surface area contributed by atoms with Gasteiger partial charge < -0.3 is 5.32 Å². The first-order valence-electron chi connectivity index (χ1n) is 9.81. The van der Waals surface area contributed by atoms with E-state index in [2.05, 4.69) is 5.32 Å². The van der Waals surface area contributed by atoms with E-state index in [1.54, 1.807) is 0 Å². The zero-order chi connectivity index (χ0) is 20.4. The van der Waals surface area contributed by atoms with Gasteiger partial charge in [0.1, 0.15) is 16.8 Å². The summed E-state index contributed by atoms with van der Waals surface area (Å²) in [5.41, 5.74) is 0.885. The molecule has 0 bridgehead atoms. The molecule has 1 aliphatic heterocycles. The lowest BCUT2D eigenvalue weighted by molar-refractivity contribution is -0.127. The van der Waals surface area contributed by atoms with Crippen molar-refractivity contribution < 1.29 is 17.6 Å². The maximum absolute atomic E-state index is 14.0. The standard InChI is InChI=1S/C21H24FN3O3S/c22-18-8-4-5-9-19(18)29(27,28)25-14-12-24(13-15-25)20(16-6-2-1-3-7-16)21(26)23-17-10-11-17/h1-9,17,20H,10-15H2,(H,23,26)/t20-/m1/s1. The topological polar surface area (TPSA) is 69.7 Å². The predicted octanol–water partition coefficient (Wildman–Crippen LogP) is 2.15. The fourth-order valence-corrected chi connectivity index (χ4v) is 5.15. The summed E-state index contributed by atoms with van der Waals surface area (Å²) < 4.78 is 41.0. The third-order valence-corrected chi connectivity index (χ3v) is 7.31. The number of carbonyl (C=O) groups excluding carboxylic acids is 1. The molecule has 1 saturated carbocycles. The fourth-order valence-electron chi connectivity index (χ4n) is 3.67. The molecule has 0 aromatic heterocycles. The number of benzene rings is 2. The maximum atomic E-state index is 14.0. The normalized spacial score (nSPS) is 19.6. The van der Waals surface area contributed by atoms with Crippen LogP contribution in [0.3, 0.4) is 0 Å². The number of hydrogen-bond donors (Lipinski definition) is 1. The molecule has 1 saturated heterocycles. The van der Waals surface area contributed by atoms with Crippen LogP contribution in [0, 0.1) is 5.82 Å². The molecule has 4 rings (SSSR count). The van der Waals surface area contributed by atoms with Gasteiger partial charge in [-0.1, -0.05) is 42.5 Å². The number of amides is 1. The second-order valence-corrected chi connectivity index (χ2v) is 9.37. The second kappa shape index (κ2) is 8.22. The van der Waals surface area contributed by atoms with E-state index in [1.807, 2.05) is 35.2 Å². The Bertz CT molecular complexity index is 972. The highest BCUT2D eigenvalue weighted by atomic mass is 32.2. The minimum atomic E-state index is -3.90. The average molecular weight is 418 g/mol. The summed E-state index contributed by atoms with van der Waals surface area (Å²) in [7, 11) is -3.90. The number of halogens is 1. The van der Waals surface area contributed by atoms with Gasteiger partial charge in [0, 0.05) is 32.2 Å². The van der Waals surface area contributed by atoms with Crippen LogP contribution in [0.25, 0.3) is 0 Å². The molecule has 1 aliphatic carbocycles. The Hall–Kier alpha value is -2.29. The smallest absolute Gasteiger partial charge is 0.246 e. The summed E-state index contributed by atoms with van der Waals surface area (Å²) >= 11 is 0. The van der Waals surface area contributed by atoms with E-state index in [9.17, 15) is 17.6 Å². The van der Waals surface area contributed by atoms with Gasteiger partial charge >= 0.3 is 0 Å². The van der Waals surface area contributed by atoms with Crippen molar-refractivity contribution in [3.05, 3.63) is 66.0 Å². The Kier molecular flexibility index (Phi) is 5.67. The van der Waals surface area contributed by atoms with Crippen LogP contribution in [0.15, 0.2) is 59.5 Å². The molecule has 2 aromatic carbocycles. The van der Waals surface area contributed by atoms with Crippen molar-refractivity contribution in [3.8, 4) is 0 Å². The highest BCUT2D eigenvalue weighted by Gasteiger charge is 2.36. The van der Waals surface area contributed by atoms with Gasteiger partial charge in [-0.05, 0) is 30.5 Å². The van der Waals surface area contributed by atoms with E-state index < -0.39 is 21.9 Å². The highest BCUT2D eigenvalue weighted by molar-refractivity contribution is 7.89. The molecule has 154 valence electrons. The van der Waals surface area contributed by atoms with Gasteiger partial charge in [0.2, 0.25) is 15.9 Å². The molecule has 29 heavy (non-hydrogen) atoms. The molecule has 8 heteroatoms. The van der Waals surface area contributed by atoms with Crippen LogP contribution in [0.1, 0.15) is 24.4 Å². The van der Waals surface area contributed by atoms with Crippen molar-refractivity contribution in [1.29, 1.82) is 0 Å². The second-order valence-electron chi connectivity index (χ2n) is 7.47. The lowest BCUT2D eigenvalue weighted by Crippen LogP contribution is -2.52. The molecular weight excluding hydrogens is 393 g/mol. The lowest BCUT2D eigenvalue weighted by atomic mass is 10.0. The molecule has 0 unspecified atom stereocenters. The maximum Gasteiger partial charge on any atom is 0.246 e. The molecule has 1 heterocycles. The summed E-state index contributed by atoms with van der Waals surface area (Å²) in [6.45, 7) is 1.20. The molecule has 1 N–H and O–H groups in total. The summed E-state index contributed by atoms with van der Waals surface area (Å²) in [4.78, 5) is 14.6. The predicted molar refractivity (Wildman–Crippen MR) is 107 cm³/mol. The van der Waals surface area contributed by atoms with Crippen molar-refractivity contribution in [2.75, 3.05) is 26.2 Å². The first-order chi connectivity index (χ1) is 14.0. The number of nitrogens with zero attached hydrogens (tertiary/aromatic N) is 2. The molecule has 6 nitrogen and oxygen atoms in total. The van der Waals surface area contributed by atoms with Crippen molar-refractivity contribution in [2.45, 2.75) is 29.8 Å². The third kappa shape index (κ3) is 4.34. The summed E-state index contributed by atoms with van der Waals surface area (Å²) in [5.74, 6) is -0.801. The van der Waals surface area contributed by atoms with Crippen LogP contribution in [-0.4, -0.2) is 55.8 Å². The van der Waals surface area contributed by atoms with Gasteiger partial charge in [-0.25, -0.2) is 12.8 Å². The van der Waals surface area contributed by atoms with E-state index in [0.717, 1.165) is 24.5 Å². The average Bonchev–Trinajstić information content (AvgIpc) is 3.53. The van der Waals surface area contributed by atoms with E-state index in [4.69, 9.17) is 0 Å². The summed E-state index contributed by atoms with van der Waals surface area (Å²) in [6.07, 6.45) is 2.00. The first-order valence-corrected chi connectivity index (χ1v) is 11.2. The quantitative estimate of drug-likeness (QED) is 0.782. The number of nitrogens with one attached hydrogen (secondary N) is 1. The van der Waals surface area contributed by atoms with Gasteiger partial charge in [-0.3, -0.25) is 9.69 Å². The molecule has 2 fully saturated rings. The molecule has 2 aromatic rings. The van der Waals surface area contributed by atoms with E-state index >= 15 is 0 Å². The molecule has 0 spiro atoms. The minimum absolute atomic E-state index is 0.0517. The SMILES string of the molecule is O=C(NC1CC1)[C@@H](c1ccccc1)N1CCN(S(=O)(=O)c2ccccc2F)CC1. The molecule has 2 aliphatic rings. The zero-order valence-electron chi connectivity index (χ0n) is 16.0.